The number of ether oxygens (including phenoxy) is 1. The fraction of sp³-hybridized carbons (Fsp3) is 0.250. The number of benzene rings is 2. The lowest BCUT2D eigenvalue weighted by atomic mass is 10.1. The first-order valence-corrected chi connectivity index (χ1v) is 13.7. The minimum Gasteiger partial charge on any atom is -0.453 e. The lowest BCUT2D eigenvalue weighted by molar-refractivity contribution is -0.130. The molecule has 224 valence electrons. The number of anilines is 3. The van der Waals surface area contributed by atoms with Crippen molar-refractivity contribution in [3.63, 3.8) is 0 Å². The van der Waals surface area contributed by atoms with E-state index in [1.165, 1.54) is 47.6 Å². The van der Waals surface area contributed by atoms with Gasteiger partial charge in [-0.15, -0.1) is 0 Å². The first kappa shape index (κ1) is 29.8. The van der Waals surface area contributed by atoms with E-state index in [2.05, 4.69) is 31.2 Å². The monoisotopic (exact) mass is 610 g/mol. The molecular formula is C28H28F2N8O4S. The molecule has 15 heteroatoms. The van der Waals surface area contributed by atoms with Crippen LogP contribution in [0.5, 0.6) is 11.5 Å². The van der Waals surface area contributed by atoms with Gasteiger partial charge in [-0.2, -0.15) is 5.10 Å². The summed E-state index contributed by atoms with van der Waals surface area (Å²) >= 11 is 5.48. The van der Waals surface area contributed by atoms with Gasteiger partial charge in [-0.05, 0) is 69.4 Å². The molecule has 1 saturated heterocycles. The Morgan fingerprint density at radius 2 is 1.88 bits per heavy atom. The van der Waals surface area contributed by atoms with Crippen molar-refractivity contribution >= 4 is 57.4 Å². The fourth-order valence-electron chi connectivity index (χ4n) is 4.33. The summed E-state index contributed by atoms with van der Waals surface area (Å²) in [6.45, 7) is 5.25. The summed E-state index contributed by atoms with van der Waals surface area (Å²) in [7, 11) is 0. The number of H-pyrrole nitrogens is 1. The van der Waals surface area contributed by atoms with Crippen molar-refractivity contribution in [1.29, 1.82) is 0 Å². The van der Waals surface area contributed by atoms with Gasteiger partial charge in [0.2, 0.25) is 0 Å². The number of aromatic nitrogens is 3. The Morgan fingerprint density at radius 3 is 2.56 bits per heavy atom. The molecule has 2 amide bonds. The van der Waals surface area contributed by atoms with Crippen molar-refractivity contribution in [2.75, 3.05) is 22.1 Å². The molecule has 2 atom stereocenters. The summed E-state index contributed by atoms with van der Waals surface area (Å²) in [6.07, 6.45) is 1.47. The van der Waals surface area contributed by atoms with E-state index in [1.54, 1.807) is 13.0 Å². The predicted octanol–water partition coefficient (Wildman–Crippen LogP) is 3.67. The van der Waals surface area contributed by atoms with Gasteiger partial charge in [-0.3, -0.25) is 24.6 Å². The molecule has 3 heterocycles. The van der Waals surface area contributed by atoms with Crippen molar-refractivity contribution < 1.29 is 28.2 Å². The van der Waals surface area contributed by atoms with Crippen LogP contribution in [0.1, 0.15) is 20.8 Å². The van der Waals surface area contributed by atoms with E-state index in [1.807, 2.05) is 13.8 Å². The summed E-state index contributed by atoms with van der Waals surface area (Å²) in [5.41, 5.74) is 3.60. The summed E-state index contributed by atoms with van der Waals surface area (Å²) in [6, 6.07) is 8.53. The maximum Gasteiger partial charge on any atom is 0.262 e. The van der Waals surface area contributed by atoms with Crippen LogP contribution in [0.25, 0.3) is 11.0 Å². The second-order valence-electron chi connectivity index (χ2n) is 10.0. The molecule has 0 aliphatic carbocycles. The standard InChI is InChI=1S/C28H28F2N8O4S/c1-14(2)38-28(43)37(18-7-4-16(29)5-8-18)27(41)23(36-38)26(40)33-17-6-9-20(19(30)12-17)42-21-10-11-31-24-22(21)25(35-34-24)32-15(3)13-39/h4-12,14-15,23,36,39H,13H2,1-3H3,(H,33,40)(H2,31,32,34,35)/t15-,23?/m1/s1. The molecule has 0 spiro atoms. The molecule has 1 fully saturated rings. The van der Waals surface area contributed by atoms with Crippen molar-refractivity contribution in [3.8, 4) is 11.5 Å². The maximum absolute atomic E-state index is 15.2. The van der Waals surface area contributed by atoms with Crippen LogP contribution in [-0.4, -0.2) is 67.0 Å². The molecule has 1 unspecified atom stereocenters. The lowest BCUT2D eigenvalue weighted by Gasteiger charge is -2.42. The van der Waals surface area contributed by atoms with Crippen molar-refractivity contribution in [2.24, 2.45) is 0 Å². The minimum atomic E-state index is -1.42. The highest BCUT2D eigenvalue weighted by molar-refractivity contribution is 7.80. The van der Waals surface area contributed by atoms with E-state index in [0.29, 0.717) is 22.5 Å². The zero-order valence-electron chi connectivity index (χ0n) is 23.3. The maximum atomic E-state index is 15.2. The number of hydrogen-bond acceptors (Lipinski definition) is 9. The minimum absolute atomic E-state index is 0.0735. The Kier molecular flexibility index (Phi) is 8.47. The van der Waals surface area contributed by atoms with Crippen LogP contribution in [0.2, 0.25) is 0 Å². The smallest absolute Gasteiger partial charge is 0.262 e. The molecule has 12 nitrogen and oxygen atoms in total. The van der Waals surface area contributed by atoms with Gasteiger partial charge < -0.3 is 20.5 Å². The average Bonchev–Trinajstić information content (AvgIpc) is 3.38. The summed E-state index contributed by atoms with van der Waals surface area (Å²) in [4.78, 5) is 32.1. The third kappa shape index (κ3) is 6.09. The second-order valence-corrected chi connectivity index (χ2v) is 10.4. The van der Waals surface area contributed by atoms with E-state index < -0.39 is 29.5 Å². The first-order valence-electron chi connectivity index (χ1n) is 13.2. The van der Waals surface area contributed by atoms with E-state index in [4.69, 9.17) is 17.0 Å². The van der Waals surface area contributed by atoms with Crippen LogP contribution in [-0.2, 0) is 9.59 Å². The van der Waals surface area contributed by atoms with Gasteiger partial charge in [0, 0.05) is 36.1 Å². The van der Waals surface area contributed by atoms with Crippen molar-refractivity contribution in [3.05, 3.63) is 66.4 Å². The number of halogens is 2. The fourth-order valence-corrected chi connectivity index (χ4v) is 4.79. The van der Waals surface area contributed by atoms with E-state index in [0.717, 1.165) is 11.0 Å². The molecule has 43 heavy (non-hydrogen) atoms. The van der Waals surface area contributed by atoms with Crippen LogP contribution in [0.15, 0.2) is 54.7 Å². The molecule has 2 aromatic carbocycles. The number of pyridine rings is 1. The molecule has 0 radical (unpaired) electrons. The molecule has 5 N–H and O–H groups in total. The van der Waals surface area contributed by atoms with Gasteiger partial charge in [-0.25, -0.2) is 19.2 Å². The Bertz CT molecular complexity index is 1680. The number of aliphatic hydroxyl groups excluding tert-OH is 1. The van der Waals surface area contributed by atoms with Crippen LogP contribution < -0.4 is 25.7 Å². The molecule has 2 aromatic heterocycles. The molecular weight excluding hydrogens is 582 g/mol. The van der Waals surface area contributed by atoms with Crippen LogP contribution in [0, 0.1) is 11.6 Å². The molecule has 1 aliphatic rings. The predicted molar refractivity (Wildman–Crippen MR) is 160 cm³/mol. The third-order valence-electron chi connectivity index (χ3n) is 6.50. The molecule has 0 bridgehead atoms. The quantitative estimate of drug-likeness (QED) is 0.140. The van der Waals surface area contributed by atoms with Crippen LogP contribution in [0.4, 0.5) is 26.0 Å². The van der Waals surface area contributed by atoms with E-state index >= 15 is 4.39 Å². The summed E-state index contributed by atoms with van der Waals surface area (Å²) < 4.78 is 34.6. The Hall–Kier alpha value is -4.73. The zero-order chi connectivity index (χ0) is 30.8. The first-order chi connectivity index (χ1) is 20.6. The number of aliphatic hydroxyl groups is 1. The topological polar surface area (TPSA) is 148 Å². The highest BCUT2D eigenvalue weighted by Crippen LogP contribution is 2.34. The van der Waals surface area contributed by atoms with Gasteiger partial charge in [-0.1, -0.05) is 0 Å². The number of amides is 2. The number of hydrogen-bond donors (Lipinski definition) is 5. The number of rotatable bonds is 9. The van der Waals surface area contributed by atoms with Gasteiger partial charge in [0.1, 0.15) is 17.0 Å². The Morgan fingerprint density at radius 1 is 1.14 bits per heavy atom. The number of thiocarbonyl (C=S) groups is 1. The zero-order valence-corrected chi connectivity index (χ0v) is 24.1. The molecule has 1 aliphatic heterocycles. The van der Waals surface area contributed by atoms with Gasteiger partial charge in [0.25, 0.3) is 11.8 Å². The third-order valence-corrected chi connectivity index (χ3v) is 6.88. The number of carbonyl (C=O) groups is 2. The summed E-state index contributed by atoms with van der Waals surface area (Å²) in [5.74, 6) is -2.24. The van der Waals surface area contributed by atoms with Crippen LogP contribution >= 0.6 is 12.2 Å². The highest BCUT2D eigenvalue weighted by atomic mass is 32.1. The number of fused-ring (bicyclic) bond motifs is 1. The molecule has 0 saturated carbocycles. The van der Waals surface area contributed by atoms with Crippen molar-refractivity contribution in [2.45, 2.75) is 38.9 Å². The number of carbonyl (C=O) groups excluding carboxylic acids is 2. The Labute approximate surface area is 250 Å². The van der Waals surface area contributed by atoms with E-state index in [-0.39, 0.29) is 41.0 Å². The van der Waals surface area contributed by atoms with Crippen LogP contribution in [0.3, 0.4) is 0 Å². The number of nitrogens with one attached hydrogen (secondary N) is 4. The Balaban J connectivity index is 1.36. The lowest BCUT2D eigenvalue weighted by Crippen LogP contribution is -2.70. The van der Waals surface area contributed by atoms with E-state index in [9.17, 15) is 19.1 Å². The van der Waals surface area contributed by atoms with Gasteiger partial charge >= 0.3 is 0 Å². The number of aromatic amines is 1. The highest BCUT2D eigenvalue weighted by Gasteiger charge is 2.42. The number of hydrazine groups is 1. The second kappa shape index (κ2) is 12.2. The largest absolute Gasteiger partial charge is 0.453 e. The normalized spacial score (nSPS) is 16.1. The molecule has 4 aromatic rings. The average molecular weight is 611 g/mol. The molecule has 5 rings (SSSR count). The van der Waals surface area contributed by atoms with Gasteiger partial charge in [0.15, 0.2) is 34.2 Å². The van der Waals surface area contributed by atoms with Crippen molar-refractivity contribution in [1.82, 2.24) is 25.6 Å². The SMILES string of the molecule is CC(C)N1NC(C(=O)Nc2ccc(Oc3ccnc4[nH]nc(N[C@H](C)CO)c34)c(F)c2)C(=O)N(c2ccc(F)cc2)C1=S. The van der Waals surface area contributed by atoms with Gasteiger partial charge in [0.05, 0.1) is 12.3 Å². The number of nitrogens with zero attached hydrogens (tertiary/aromatic N) is 4. The summed E-state index contributed by atoms with van der Waals surface area (Å²) in [5, 5.41) is 23.9.